The molecular weight excluding hydrogens is 2170 g/mol. The first-order valence-electron chi connectivity index (χ1n) is 25.6. The van der Waals surface area contributed by atoms with Crippen molar-refractivity contribution >= 4 is 140 Å². The number of nitrogens with one attached hydrogen (secondary N) is 3. The van der Waals surface area contributed by atoms with Crippen LogP contribution in [0.4, 0.5) is 0 Å². The molecule has 0 saturated carbocycles. The van der Waals surface area contributed by atoms with E-state index in [0.717, 1.165) is 0 Å². The van der Waals surface area contributed by atoms with Gasteiger partial charge in [-0.05, 0) is 18.2 Å². The molecule has 6 aliphatic rings. The minimum Gasteiger partial charge on any atom is 1.00 e. The van der Waals surface area contributed by atoms with Crippen LogP contribution in [-0.2, 0) is 143 Å². The Morgan fingerprint density at radius 2 is 0.750 bits per heavy atom. The molecule has 112 heavy (non-hydrogen) atoms. The second-order valence-corrected chi connectivity index (χ2v) is 49.9. The molecule has 0 aromatic rings. The number of thiol groups is 1. The van der Waals surface area contributed by atoms with Crippen LogP contribution < -0.4 is 341 Å². The maximum Gasteiger partial charge on any atom is 1.00 e. The molecule has 6 aliphatic heterocycles. The van der Waals surface area contributed by atoms with Crippen molar-refractivity contribution in [2.45, 2.75) is 136 Å². The Hall–Kier alpha value is 7.89. The standard InChI is InChI=1S/C8H15NO8S.C6H13NO9S2.C6H13NO6S.3C6H8O8S.H2I3S.10Na.3H2O/c1-4(10)9-7-6(11)2-5(17-8(7)12)3-16-18(13,14)15;8-4-1-3(2-15-18(12,13)14)16-6(9)5(4)7-17(10)11;8-2-3-1-4(9)5(6(10)13-3)7-14(11)12;3*7-3-1-4(6(8)9)13-2-5(3)14-15(10,11)12;1-2-3-4;;;;;;;;;;;;;/h5-8,11-12H,2-3H2,1H3,(H,9,10)(H,13,14,15);3-9H,1-2H2,(H,10,11)(H,12,13,14);3-10H,1-2H2,(H,11,12);3*1,3,5,7H,2H2,(H,8,9)(H,10,11,12);2,4H;;;;;;;;;;;3*1H2/q;;;;;;-1;10*+1;;;/p-10/t5?,6-,7?,8?;2*3?,4-,5?,6?;3*3-,5?;;;;;;;;;;;;;;/m111111............../s1/i;;;;;;2D;;;;;;;;;;;;;. The summed E-state index contributed by atoms with van der Waals surface area (Å²) >= 11 is -4.12. The molecule has 6 heterocycles. The molecule has 14 unspecified atom stereocenters. The van der Waals surface area contributed by atoms with Gasteiger partial charge in [0.25, 0.3) is 0 Å². The van der Waals surface area contributed by atoms with Crippen molar-refractivity contribution in [3.63, 3.8) is 0 Å². The molecular formula is C38H63I3N3Na10O50S8-. The van der Waals surface area contributed by atoms with Crippen LogP contribution in [0.2, 0.25) is 0 Å². The summed E-state index contributed by atoms with van der Waals surface area (Å²) in [6, 6.07) is -3.37. The maximum atomic E-state index is 10.8. The number of carbonyl (C=O) groups excluding carboxylic acids is 4. The molecule has 53 nitrogen and oxygen atoms in total. The van der Waals surface area contributed by atoms with Crippen LogP contribution in [-0.4, -0.2) is 324 Å². The zero-order valence-corrected chi connectivity index (χ0v) is 93.1. The van der Waals surface area contributed by atoms with E-state index in [1.165, 1.54) is 6.92 Å². The Bertz CT molecular complexity index is 3110. The van der Waals surface area contributed by atoms with Crippen LogP contribution in [0.3, 0.4) is 0 Å². The van der Waals surface area contributed by atoms with E-state index in [0.29, 0.717) is 18.2 Å². The number of amides is 1. The van der Waals surface area contributed by atoms with Crippen molar-refractivity contribution < 1.29 is 545 Å². The Balaban J connectivity index is -0.0000000839. The minimum absolute atomic E-state index is 0. The second kappa shape index (κ2) is 76.6. The number of ether oxygens (including phenoxy) is 6. The van der Waals surface area contributed by atoms with Crippen LogP contribution >= 0.6 is 41.5 Å². The quantitative estimate of drug-likeness (QED) is 0.0120. The average molecular weight is 2230 g/mol. The number of rotatable bonds is 22. The molecule has 3 saturated heterocycles. The summed E-state index contributed by atoms with van der Waals surface area (Å²) < 4.78 is 252. The van der Waals surface area contributed by atoms with Gasteiger partial charge in [-0.1, -0.05) is 0 Å². The van der Waals surface area contributed by atoms with E-state index in [2.05, 4.69) is 68.9 Å². The first-order chi connectivity index (χ1) is 45.6. The number of hydrogen-bond donors (Lipinski definition) is 14. The van der Waals surface area contributed by atoms with Crippen LogP contribution in [0.5, 0.6) is 0 Å². The molecule has 0 aromatic carbocycles. The number of carboxylic acids is 3. The van der Waals surface area contributed by atoms with Gasteiger partial charge in [0.05, 0.1) is 68.5 Å². The van der Waals surface area contributed by atoms with Gasteiger partial charge in [0.15, 0.2) is 18.9 Å². The van der Waals surface area contributed by atoms with Gasteiger partial charge < -0.3 is 163 Å². The van der Waals surface area contributed by atoms with Crippen molar-refractivity contribution in [2.24, 2.45) is 0 Å². The molecule has 0 aromatic heterocycles. The third-order valence-corrected chi connectivity index (χ3v) is 36.3. The van der Waals surface area contributed by atoms with E-state index < -0.39 is 272 Å². The zero-order chi connectivity index (χ0) is 77.8. The van der Waals surface area contributed by atoms with E-state index >= 15 is 0 Å². The van der Waals surface area contributed by atoms with Gasteiger partial charge in [-0.25, -0.2) is 51.5 Å². The Kier molecular flexibility index (Phi) is 101. The van der Waals surface area contributed by atoms with Gasteiger partial charge in [-0.2, -0.15) is 0 Å². The molecule has 19 N–H and O–H groups in total. The topological polar surface area (TPSA) is 938 Å². The van der Waals surface area contributed by atoms with E-state index in [-0.39, 0.29) is 354 Å². The van der Waals surface area contributed by atoms with Crippen LogP contribution in [0, 0.1) is 0 Å². The second-order valence-electron chi connectivity index (χ2n) is 18.5. The number of halogens is 3. The summed E-state index contributed by atoms with van der Waals surface area (Å²) in [5, 5.41) is 126. The predicted molar refractivity (Wildman–Crippen MR) is 320 cm³/mol. The maximum absolute atomic E-state index is 10.8. The van der Waals surface area contributed by atoms with Crippen molar-refractivity contribution in [1.82, 2.24) is 14.8 Å². The van der Waals surface area contributed by atoms with Gasteiger partial charge in [-0.15, -0.1) is 0 Å². The summed E-state index contributed by atoms with van der Waals surface area (Å²) in [7, 11) is -20.7. The van der Waals surface area contributed by atoms with Crippen molar-refractivity contribution in [2.75, 3.05) is 39.6 Å². The summed E-state index contributed by atoms with van der Waals surface area (Å²) in [6.07, 6.45) is -18.0. The van der Waals surface area contributed by atoms with E-state index in [1.807, 2.05) is 9.44 Å². The van der Waals surface area contributed by atoms with Gasteiger partial charge in [-0.3, -0.25) is 34.1 Å². The molecule has 0 radical (unpaired) electrons. The first-order valence-corrected chi connectivity index (χ1v) is 49.9. The van der Waals surface area contributed by atoms with Crippen molar-refractivity contribution in [1.29, 1.82) is 0.594 Å². The molecule has 3 fully saturated rings. The Morgan fingerprint density at radius 3 is 0.929 bits per heavy atom. The number of aliphatic hydroxyl groups excluding tert-OH is 10. The Morgan fingerprint density at radius 1 is 0.518 bits per heavy atom. The van der Waals surface area contributed by atoms with Crippen LogP contribution in [0.25, 0.3) is 0 Å². The first kappa shape index (κ1) is 148. The van der Waals surface area contributed by atoms with E-state index in [9.17, 15) is 163 Å². The molecule has 20 atom stereocenters. The molecule has 0 spiro atoms. The molecule has 0 aliphatic carbocycles. The van der Waals surface area contributed by atoms with Crippen LogP contribution in [0.1, 0.15) is 26.2 Å². The zero-order valence-electron chi connectivity index (χ0n) is 61.0. The van der Waals surface area contributed by atoms with Crippen molar-refractivity contribution in [3.05, 3.63) is 35.5 Å². The van der Waals surface area contributed by atoms with Gasteiger partial charge >= 0.3 is 353 Å². The molecule has 1 amide bonds. The van der Waals surface area contributed by atoms with E-state index in [1.54, 1.807) is 0 Å². The van der Waals surface area contributed by atoms with Gasteiger partial charge in [0.2, 0.25) is 57.9 Å². The summed E-state index contributed by atoms with van der Waals surface area (Å²) in [5.41, 5.74) is 0. The fourth-order valence-corrected chi connectivity index (χ4v) is 10.3. The average Bonchev–Trinajstić information content (AvgIpc) is 0.864. The Labute approximate surface area is 895 Å². The summed E-state index contributed by atoms with van der Waals surface area (Å²) in [6.45, 7) is -2.10. The number of hydrogen-bond acceptors (Lipinski definition) is 48. The number of aliphatic carboxylic acids is 3. The predicted octanol–water partition coefficient (Wildman–Crippen LogP) is -51.7. The molecule has 74 heteroatoms. The largest absolute Gasteiger partial charge is 1.00 e. The summed E-state index contributed by atoms with van der Waals surface area (Å²) in [5.74, 6) is -7.33. The number of aliphatic hydroxyl groups is 10. The van der Waals surface area contributed by atoms with Crippen molar-refractivity contribution in [3.8, 4) is 0 Å². The van der Waals surface area contributed by atoms with Gasteiger partial charge in [0.1, 0.15) is 97.7 Å². The molecule has 6 rings (SSSR count). The molecule has 0 bridgehead atoms. The van der Waals surface area contributed by atoms with E-state index in [4.69, 9.17) is 19.9 Å². The number of carboxylic acid groups (broad SMARTS) is 3. The van der Waals surface area contributed by atoms with Gasteiger partial charge in [0, 0.05) is 48.7 Å². The normalized spacial score (nSPS) is 27.4. The SMILES string of the molecule is CC(=O)NC1C(O)OC(COS(=O)(=O)[O-])C[C@H]1O.O.O.O.O=C([O-])C1=C[C@@H](O)C(OS(=O)(=O)[O-])CO1.O=C([O-])C1=C[C@@H](O)C(OS(=O)(=O)[O-])CO1.O=C([O-])C1=C[C@@H](O)C(OS(=O)(=O)[O-])CO1.O=S([O-])NC1C(O)OC(CO)C[C@H]1O.O=S([O-])NC1C(O)OC(COS(=O)(=O)[O-])C[C@H]1O.[2H]I(I)[I-]S.[Na+].[Na+].[Na+].[Na+].[Na+].[Na+].[Na+].[Na+].[Na+].[Na+]. The molecule has 610 valence electrons. The smallest absolute Gasteiger partial charge is 1.00 e. The summed E-state index contributed by atoms with van der Waals surface area (Å²) in [4.78, 5) is 41.6. The minimum atomic E-state index is -4.98. The fourth-order valence-electron chi connectivity index (χ4n) is 7.21. The number of carbonyl (C=O) groups is 4. The third-order valence-electron chi connectivity index (χ3n) is 11.2. The third kappa shape index (κ3) is 72.7. The van der Waals surface area contributed by atoms with Crippen LogP contribution in [0.15, 0.2) is 35.5 Å². The fraction of sp³-hybridized carbons (Fsp3) is 0.737. The monoisotopic (exact) mass is 2230 g/mol.